The summed E-state index contributed by atoms with van der Waals surface area (Å²) in [5, 5.41) is 4.30. The van der Waals surface area contributed by atoms with Crippen LogP contribution in [0.4, 0.5) is 0 Å². The van der Waals surface area contributed by atoms with Crippen molar-refractivity contribution in [3.8, 4) is 0 Å². The zero-order valence-corrected chi connectivity index (χ0v) is 15.3. The molecule has 5 nitrogen and oxygen atoms in total. The Kier molecular flexibility index (Phi) is 6.19. The summed E-state index contributed by atoms with van der Waals surface area (Å²) in [6.07, 6.45) is -0.203. The molecule has 0 radical (unpaired) electrons. The van der Waals surface area contributed by atoms with E-state index in [9.17, 15) is 13.2 Å². The Bertz CT molecular complexity index is 647. The largest absolute Gasteiger partial charge is 0.320 e. The molecule has 0 aliphatic carbocycles. The van der Waals surface area contributed by atoms with Crippen molar-refractivity contribution < 1.29 is 18.5 Å². The van der Waals surface area contributed by atoms with E-state index in [1.807, 2.05) is 30.3 Å². The average Bonchev–Trinajstić information content (AvgIpc) is 2.77. The van der Waals surface area contributed by atoms with Gasteiger partial charge in [-0.2, -0.15) is 0 Å². The Morgan fingerprint density at radius 1 is 1.30 bits per heavy atom. The number of benzene rings is 1. The lowest BCUT2D eigenvalue weighted by molar-refractivity contribution is -0.719. The van der Waals surface area contributed by atoms with Crippen LogP contribution in [0.2, 0.25) is 0 Å². The van der Waals surface area contributed by atoms with Crippen LogP contribution in [0, 0.1) is 0 Å². The van der Waals surface area contributed by atoms with E-state index in [0.29, 0.717) is 6.42 Å². The molecule has 23 heavy (non-hydrogen) atoms. The van der Waals surface area contributed by atoms with E-state index < -0.39 is 19.8 Å². The maximum absolute atomic E-state index is 12.1. The molecule has 1 aliphatic rings. The molecule has 1 aromatic carbocycles. The second-order valence-corrected chi connectivity index (χ2v) is 10.2. The molecule has 1 heterocycles. The Morgan fingerprint density at radius 3 is 2.48 bits per heavy atom. The third-order valence-electron chi connectivity index (χ3n) is 3.61. The minimum Gasteiger partial charge on any atom is -0.320 e. The number of carbonyl (C=O) groups excluding carboxylic acids is 1. The lowest BCUT2D eigenvalue weighted by Crippen LogP contribution is -3.01. The van der Waals surface area contributed by atoms with Crippen LogP contribution in [0.3, 0.4) is 0 Å². The van der Waals surface area contributed by atoms with E-state index in [0.717, 1.165) is 5.56 Å². The van der Waals surface area contributed by atoms with Gasteiger partial charge in [-0.3, -0.25) is 4.79 Å². The SMILES string of the molecule is O=C(Cc1ccccc1)N[C@H]([NH2+][C@H]1CCS(=O)(=O)C1)C(Cl)(Cl)Cl. The Hall–Kier alpha value is -0.530. The fourth-order valence-electron chi connectivity index (χ4n) is 2.49. The molecule has 0 saturated carbocycles. The Labute approximate surface area is 150 Å². The minimum atomic E-state index is -3.04. The second-order valence-electron chi connectivity index (χ2n) is 5.60. The van der Waals surface area contributed by atoms with Crippen LogP contribution in [0.25, 0.3) is 0 Å². The fourth-order valence-corrected chi connectivity index (χ4v) is 4.63. The molecule has 3 N–H and O–H groups in total. The van der Waals surface area contributed by atoms with E-state index in [4.69, 9.17) is 34.8 Å². The quantitative estimate of drug-likeness (QED) is 0.566. The molecule has 1 saturated heterocycles. The van der Waals surface area contributed by atoms with E-state index in [1.54, 1.807) is 5.32 Å². The molecule has 128 valence electrons. The zero-order valence-electron chi connectivity index (χ0n) is 12.2. The van der Waals surface area contributed by atoms with Crippen LogP contribution in [0.15, 0.2) is 30.3 Å². The van der Waals surface area contributed by atoms with E-state index in [1.165, 1.54) is 0 Å². The first kappa shape index (κ1) is 18.8. The number of rotatable bonds is 5. The molecule has 0 unspecified atom stereocenters. The van der Waals surface area contributed by atoms with Gasteiger partial charge in [0.25, 0.3) is 3.79 Å². The number of hydrogen-bond donors (Lipinski definition) is 2. The number of amides is 1. The second kappa shape index (κ2) is 7.57. The first-order chi connectivity index (χ1) is 10.7. The minimum absolute atomic E-state index is 0.0266. The van der Waals surface area contributed by atoms with Crippen LogP contribution >= 0.6 is 34.8 Å². The molecule has 0 aromatic heterocycles. The van der Waals surface area contributed by atoms with Crippen LogP contribution in [-0.4, -0.2) is 41.8 Å². The van der Waals surface area contributed by atoms with Crippen LogP contribution in [0.1, 0.15) is 12.0 Å². The van der Waals surface area contributed by atoms with Gasteiger partial charge in [-0.05, 0) is 5.56 Å². The van der Waals surface area contributed by atoms with Gasteiger partial charge in [0.15, 0.2) is 9.84 Å². The smallest absolute Gasteiger partial charge is 0.262 e. The lowest BCUT2D eigenvalue weighted by Gasteiger charge is -2.25. The van der Waals surface area contributed by atoms with Crippen LogP contribution in [0.5, 0.6) is 0 Å². The first-order valence-corrected chi connectivity index (χ1v) is 10.1. The predicted octanol–water partition coefficient (Wildman–Crippen LogP) is 0.792. The molecular weight excluding hydrogens is 383 g/mol. The highest BCUT2D eigenvalue weighted by molar-refractivity contribution is 7.91. The molecule has 1 aromatic rings. The number of quaternary nitrogens is 1. The zero-order chi connectivity index (χ0) is 17.1. The van der Waals surface area contributed by atoms with Gasteiger partial charge >= 0.3 is 0 Å². The van der Waals surface area contributed by atoms with Crippen LogP contribution in [-0.2, 0) is 21.1 Å². The summed E-state index contributed by atoms with van der Waals surface area (Å²) in [4.78, 5) is 12.1. The molecule has 1 fully saturated rings. The van der Waals surface area contributed by atoms with Crippen molar-refractivity contribution in [2.45, 2.75) is 28.8 Å². The standard InChI is InChI=1S/C14H17Cl3N2O3S/c15-14(16,17)13(18-11-6-7-23(21,22)9-11)19-12(20)8-10-4-2-1-3-5-10/h1-5,11,13,18H,6-9H2,(H,19,20)/p+1/t11-,13-/m0/s1. The number of sulfone groups is 1. The van der Waals surface area contributed by atoms with Gasteiger partial charge in [-0.15, -0.1) is 0 Å². The van der Waals surface area contributed by atoms with E-state index >= 15 is 0 Å². The molecule has 0 spiro atoms. The maximum atomic E-state index is 12.1. The molecular formula is C14H18Cl3N2O3S+. The molecule has 2 rings (SSSR count). The number of halogens is 3. The number of nitrogens with two attached hydrogens (primary N) is 1. The van der Waals surface area contributed by atoms with Crippen molar-refractivity contribution >= 4 is 50.5 Å². The summed E-state index contributed by atoms with van der Waals surface area (Å²) in [7, 11) is -3.04. The Morgan fingerprint density at radius 2 is 1.96 bits per heavy atom. The number of hydrogen-bond acceptors (Lipinski definition) is 3. The topological polar surface area (TPSA) is 79.8 Å². The molecule has 1 aliphatic heterocycles. The molecule has 2 atom stereocenters. The summed E-state index contributed by atoms with van der Waals surface area (Å²) in [5.41, 5.74) is 0.844. The van der Waals surface area contributed by atoms with Crippen molar-refractivity contribution in [1.29, 1.82) is 0 Å². The van der Waals surface area contributed by atoms with Crippen molar-refractivity contribution in [3.63, 3.8) is 0 Å². The predicted molar refractivity (Wildman–Crippen MR) is 91.4 cm³/mol. The van der Waals surface area contributed by atoms with Gasteiger partial charge in [0.2, 0.25) is 12.1 Å². The third-order valence-corrected chi connectivity index (χ3v) is 6.11. The third kappa shape index (κ3) is 6.12. The van der Waals surface area contributed by atoms with Crippen molar-refractivity contribution in [1.82, 2.24) is 5.32 Å². The van der Waals surface area contributed by atoms with Crippen LogP contribution < -0.4 is 10.6 Å². The number of nitrogens with one attached hydrogen (secondary N) is 1. The van der Waals surface area contributed by atoms with Gasteiger partial charge in [-0.1, -0.05) is 65.1 Å². The lowest BCUT2D eigenvalue weighted by atomic mass is 10.1. The molecule has 0 bridgehead atoms. The van der Waals surface area contributed by atoms with Gasteiger partial charge in [0.1, 0.15) is 11.8 Å². The fraction of sp³-hybridized carbons (Fsp3) is 0.500. The maximum Gasteiger partial charge on any atom is 0.262 e. The van der Waals surface area contributed by atoms with Gasteiger partial charge < -0.3 is 10.6 Å². The summed E-state index contributed by atoms with van der Waals surface area (Å²) >= 11 is 17.8. The summed E-state index contributed by atoms with van der Waals surface area (Å²) < 4.78 is 21.3. The van der Waals surface area contributed by atoms with E-state index in [2.05, 4.69) is 5.32 Å². The van der Waals surface area contributed by atoms with Gasteiger partial charge in [0, 0.05) is 6.42 Å². The van der Waals surface area contributed by atoms with Gasteiger partial charge in [0.05, 0.1) is 12.2 Å². The van der Waals surface area contributed by atoms with Gasteiger partial charge in [-0.25, -0.2) is 8.42 Å². The summed E-state index contributed by atoms with van der Waals surface area (Å²) in [6.45, 7) is 0. The average molecular weight is 401 g/mol. The molecule has 1 amide bonds. The number of carbonyl (C=O) groups is 1. The summed E-state index contributed by atoms with van der Waals surface area (Å²) in [5.74, 6) is -0.137. The van der Waals surface area contributed by atoms with Crippen molar-refractivity contribution in [2.75, 3.05) is 11.5 Å². The highest BCUT2D eigenvalue weighted by atomic mass is 35.6. The normalized spacial score (nSPS) is 21.8. The van der Waals surface area contributed by atoms with E-state index in [-0.39, 0.29) is 29.9 Å². The first-order valence-electron chi connectivity index (χ1n) is 7.11. The molecule has 9 heteroatoms. The summed E-state index contributed by atoms with van der Waals surface area (Å²) in [6, 6.07) is 8.97. The number of alkyl halides is 3. The van der Waals surface area contributed by atoms with Crippen molar-refractivity contribution in [2.24, 2.45) is 0 Å². The Balaban J connectivity index is 1.97. The monoisotopic (exact) mass is 399 g/mol. The van der Waals surface area contributed by atoms with Crippen molar-refractivity contribution in [3.05, 3.63) is 35.9 Å². The highest BCUT2D eigenvalue weighted by Gasteiger charge is 2.41. The highest BCUT2D eigenvalue weighted by Crippen LogP contribution is 2.27.